The minimum atomic E-state index is -0.196. The highest BCUT2D eigenvalue weighted by Crippen LogP contribution is 2.69. The van der Waals surface area contributed by atoms with Crippen molar-refractivity contribution in [1.29, 1.82) is 0 Å². The van der Waals surface area contributed by atoms with Crippen LogP contribution in [0, 0.1) is 22.2 Å². The summed E-state index contributed by atoms with van der Waals surface area (Å²) in [7, 11) is 0. The molecule has 26 heavy (non-hydrogen) atoms. The van der Waals surface area contributed by atoms with Crippen LogP contribution in [0.15, 0.2) is 36.5 Å². The SMILES string of the molecule is CC12CC3CC(C)(C1)CC(C(=O)NNc1ccnc4ccccc14)(C3)C2. The van der Waals surface area contributed by atoms with Gasteiger partial charge in [-0.05, 0) is 67.4 Å². The standard InChI is InChI=1S/C22H27N3O/c1-20-9-15-10-21(2,12-20)14-22(11-15,13-20)19(26)25-24-18-7-8-23-17-6-4-3-5-16(17)18/h3-8,15H,9-14H2,1-2H3,(H,23,24)(H,25,26). The predicted molar refractivity (Wildman–Crippen MR) is 103 cm³/mol. The van der Waals surface area contributed by atoms with Crippen molar-refractivity contribution in [3.63, 3.8) is 0 Å². The Morgan fingerprint density at radius 1 is 1.04 bits per heavy atom. The van der Waals surface area contributed by atoms with E-state index in [1.165, 1.54) is 19.3 Å². The van der Waals surface area contributed by atoms with Gasteiger partial charge in [0.1, 0.15) is 0 Å². The summed E-state index contributed by atoms with van der Waals surface area (Å²) in [5, 5.41) is 1.03. The van der Waals surface area contributed by atoms with Crippen molar-refractivity contribution in [3.05, 3.63) is 36.5 Å². The van der Waals surface area contributed by atoms with Crippen LogP contribution in [0.5, 0.6) is 0 Å². The van der Waals surface area contributed by atoms with Gasteiger partial charge in [0, 0.05) is 11.6 Å². The normalized spacial score (nSPS) is 37.7. The number of pyridine rings is 1. The van der Waals surface area contributed by atoms with Gasteiger partial charge < -0.3 is 0 Å². The van der Waals surface area contributed by atoms with Gasteiger partial charge in [0.2, 0.25) is 5.91 Å². The van der Waals surface area contributed by atoms with Crippen molar-refractivity contribution in [2.75, 3.05) is 5.43 Å². The number of para-hydroxylation sites is 1. The molecule has 1 amide bonds. The molecule has 4 bridgehead atoms. The molecule has 2 unspecified atom stereocenters. The number of nitrogens with zero attached hydrogens (tertiary/aromatic N) is 1. The second-order valence-electron chi connectivity index (χ2n) is 9.87. The van der Waals surface area contributed by atoms with Gasteiger partial charge in [0.05, 0.1) is 16.6 Å². The minimum absolute atomic E-state index is 0.181. The highest BCUT2D eigenvalue weighted by molar-refractivity contribution is 5.92. The first-order valence-corrected chi connectivity index (χ1v) is 9.79. The molecule has 4 aliphatic rings. The number of nitrogens with one attached hydrogen (secondary N) is 2. The number of hydrogen-bond acceptors (Lipinski definition) is 3. The molecule has 4 saturated carbocycles. The molecule has 2 N–H and O–H groups in total. The van der Waals surface area contributed by atoms with Crippen LogP contribution in [0.1, 0.15) is 52.4 Å². The number of hydrogen-bond donors (Lipinski definition) is 2. The Bertz CT molecular complexity index is 869. The number of anilines is 1. The molecule has 2 atom stereocenters. The van der Waals surface area contributed by atoms with Gasteiger partial charge >= 0.3 is 0 Å². The molecule has 4 heteroatoms. The molecule has 0 spiro atoms. The number of fused-ring (bicyclic) bond motifs is 1. The lowest BCUT2D eigenvalue weighted by Crippen LogP contribution is -2.60. The van der Waals surface area contributed by atoms with Crippen LogP contribution in [0.25, 0.3) is 10.9 Å². The van der Waals surface area contributed by atoms with Gasteiger partial charge in [-0.1, -0.05) is 32.0 Å². The van der Waals surface area contributed by atoms with Crippen molar-refractivity contribution in [3.8, 4) is 0 Å². The van der Waals surface area contributed by atoms with Crippen LogP contribution in [0.4, 0.5) is 5.69 Å². The highest BCUT2D eigenvalue weighted by atomic mass is 16.2. The Labute approximate surface area is 154 Å². The quantitative estimate of drug-likeness (QED) is 0.792. The average Bonchev–Trinajstić information content (AvgIpc) is 2.56. The van der Waals surface area contributed by atoms with Gasteiger partial charge in [-0.25, -0.2) is 0 Å². The van der Waals surface area contributed by atoms with E-state index in [0.717, 1.165) is 35.9 Å². The highest BCUT2D eigenvalue weighted by Gasteiger charge is 2.62. The summed E-state index contributed by atoms with van der Waals surface area (Å²) in [4.78, 5) is 17.7. The molecule has 2 aromatic rings. The molecule has 1 heterocycles. The molecule has 6 rings (SSSR count). The molecular weight excluding hydrogens is 322 g/mol. The predicted octanol–water partition coefficient (Wildman–Crippen LogP) is 4.67. The second kappa shape index (κ2) is 5.21. The van der Waals surface area contributed by atoms with E-state index in [4.69, 9.17) is 0 Å². The van der Waals surface area contributed by atoms with Crippen LogP contribution in [-0.4, -0.2) is 10.9 Å². The van der Waals surface area contributed by atoms with Crippen LogP contribution in [-0.2, 0) is 4.79 Å². The number of carbonyl (C=O) groups is 1. The van der Waals surface area contributed by atoms with Crippen molar-refractivity contribution >= 4 is 22.5 Å². The number of benzene rings is 1. The largest absolute Gasteiger partial charge is 0.298 e. The smallest absolute Gasteiger partial charge is 0.244 e. The van der Waals surface area contributed by atoms with E-state index in [9.17, 15) is 4.79 Å². The summed E-state index contributed by atoms with van der Waals surface area (Å²) in [5.41, 5.74) is 8.59. The monoisotopic (exact) mass is 349 g/mol. The lowest BCUT2D eigenvalue weighted by Gasteiger charge is -2.64. The molecule has 0 aliphatic heterocycles. The van der Waals surface area contributed by atoms with E-state index < -0.39 is 0 Å². The van der Waals surface area contributed by atoms with Crippen molar-refractivity contribution < 1.29 is 4.79 Å². The fourth-order valence-electron chi connectivity index (χ4n) is 7.16. The maximum atomic E-state index is 13.3. The number of aromatic nitrogens is 1. The van der Waals surface area contributed by atoms with Gasteiger partial charge in [0.15, 0.2) is 0 Å². The number of carbonyl (C=O) groups excluding carboxylic acids is 1. The third kappa shape index (κ3) is 2.42. The number of hydrazine groups is 1. The Morgan fingerprint density at radius 3 is 2.50 bits per heavy atom. The van der Waals surface area contributed by atoms with Crippen molar-refractivity contribution in [2.24, 2.45) is 22.2 Å². The van der Waals surface area contributed by atoms with E-state index >= 15 is 0 Å². The summed E-state index contributed by atoms with van der Waals surface area (Å²) >= 11 is 0. The number of amides is 1. The van der Waals surface area contributed by atoms with Crippen molar-refractivity contribution in [1.82, 2.24) is 10.4 Å². The van der Waals surface area contributed by atoms with Gasteiger partial charge in [-0.3, -0.25) is 20.6 Å². The first kappa shape index (κ1) is 16.1. The molecule has 4 aliphatic carbocycles. The summed E-state index contributed by atoms with van der Waals surface area (Å²) in [6.45, 7) is 4.81. The van der Waals surface area contributed by atoms with Crippen LogP contribution >= 0.6 is 0 Å². The minimum Gasteiger partial charge on any atom is -0.298 e. The summed E-state index contributed by atoms with van der Waals surface area (Å²) in [5.74, 6) is 0.897. The van der Waals surface area contributed by atoms with Crippen molar-refractivity contribution in [2.45, 2.75) is 52.4 Å². The van der Waals surface area contributed by atoms with Crippen LogP contribution in [0.3, 0.4) is 0 Å². The van der Waals surface area contributed by atoms with Crippen LogP contribution < -0.4 is 10.9 Å². The maximum Gasteiger partial charge on any atom is 0.244 e. The average molecular weight is 349 g/mol. The van der Waals surface area contributed by atoms with E-state index in [-0.39, 0.29) is 11.3 Å². The molecule has 0 radical (unpaired) electrons. The lowest BCUT2D eigenvalue weighted by atomic mass is 9.40. The van der Waals surface area contributed by atoms with Gasteiger partial charge in [0.25, 0.3) is 0 Å². The maximum absolute atomic E-state index is 13.3. The van der Waals surface area contributed by atoms with Gasteiger partial charge in [-0.2, -0.15) is 0 Å². The van der Waals surface area contributed by atoms with Gasteiger partial charge in [-0.15, -0.1) is 0 Å². The Morgan fingerprint density at radius 2 is 1.77 bits per heavy atom. The third-order valence-electron chi connectivity index (χ3n) is 7.07. The van der Waals surface area contributed by atoms with Crippen LogP contribution in [0.2, 0.25) is 0 Å². The molecule has 4 nitrogen and oxygen atoms in total. The zero-order valence-corrected chi connectivity index (χ0v) is 15.6. The number of rotatable bonds is 3. The lowest BCUT2D eigenvalue weighted by molar-refractivity contribution is -0.169. The first-order chi connectivity index (χ1) is 12.4. The van der Waals surface area contributed by atoms with E-state index in [0.29, 0.717) is 16.7 Å². The zero-order valence-electron chi connectivity index (χ0n) is 15.6. The molecule has 1 aromatic heterocycles. The summed E-state index contributed by atoms with van der Waals surface area (Å²) in [6, 6.07) is 9.92. The molecule has 0 saturated heterocycles. The van der Waals surface area contributed by atoms with E-state index in [1.54, 1.807) is 6.20 Å². The van der Waals surface area contributed by atoms with E-state index in [2.05, 4.69) is 29.7 Å². The molecular formula is C22H27N3O. The van der Waals surface area contributed by atoms with E-state index in [1.807, 2.05) is 30.3 Å². The third-order valence-corrected chi connectivity index (χ3v) is 7.07. The first-order valence-electron chi connectivity index (χ1n) is 9.79. The Hall–Kier alpha value is -2.10. The topological polar surface area (TPSA) is 54.0 Å². The Kier molecular flexibility index (Phi) is 3.23. The molecule has 4 fully saturated rings. The Balaban J connectivity index is 1.39. The summed E-state index contributed by atoms with van der Waals surface area (Å²) < 4.78 is 0. The fraction of sp³-hybridized carbons (Fsp3) is 0.545. The molecule has 136 valence electrons. The molecule has 1 aromatic carbocycles. The zero-order chi connectivity index (χ0) is 18.0. The summed E-state index contributed by atoms with van der Waals surface area (Å²) in [6.07, 6.45) is 8.81. The second-order valence-corrected chi connectivity index (χ2v) is 9.87. The fourth-order valence-corrected chi connectivity index (χ4v) is 7.16.